The van der Waals surface area contributed by atoms with Crippen molar-refractivity contribution >= 4 is 28.2 Å². The molecule has 0 unspecified atom stereocenters. The largest absolute Gasteiger partial charge is 0.411 e. The van der Waals surface area contributed by atoms with E-state index in [1.807, 2.05) is 55.5 Å². The number of hydrogen-bond acceptors (Lipinski definition) is 6. The number of nitro groups is 1. The molecule has 0 spiro atoms. The Labute approximate surface area is 159 Å². The quantitative estimate of drug-likeness (QED) is 0.254. The molecule has 0 aliphatic rings. The number of hydrogen-bond donors (Lipinski definition) is 0. The van der Waals surface area contributed by atoms with E-state index >= 15 is 0 Å². The van der Waals surface area contributed by atoms with Gasteiger partial charge in [0.25, 0.3) is 10.9 Å². The van der Waals surface area contributed by atoms with Crippen LogP contribution in [0, 0.1) is 10.1 Å². The van der Waals surface area contributed by atoms with E-state index in [-0.39, 0.29) is 10.9 Å². The Morgan fingerprint density at radius 1 is 1.04 bits per heavy atom. The Balaban J connectivity index is 1.59. The lowest BCUT2D eigenvalue weighted by Crippen LogP contribution is -1.92. The van der Waals surface area contributed by atoms with Crippen molar-refractivity contribution in [2.24, 2.45) is 0 Å². The summed E-state index contributed by atoms with van der Waals surface area (Å²) in [6.07, 6.45) is 0. The fourth-order valence-electron chi connectivity index (χ4n) is 2.89. The second-order valence-electron chi connectivity index (χ2n) is 6.01. The first-order chi connectivity index (χ1) is 13.1. The molecule has 4 rings (SSSR count). The maximum atomic E-state index is 11.0. The normalized spacial score (nSPS) is 12.2. The molecule has 0 aliphatic carbocycles. The fourth-order valence-corrected chi connectivity index (χ4v) is 3.69. The number of rotatable bonds is 5. The van der Waals surface area contributed by atoms with Gasteiger partial charge in [-0.25, -0.2) is 0 Å². The lowest BCUT2D eigenvalue weighted by atomic mass is 10.0. The summed E-state index contributed by atoms with van der Waals surface area (Å²) in [5.74, 6) is 0.459. The predicted octanol–water partition coefficient (Wildman–Crippen LogP) is 5.65. The summed E-state index contributed by atoms with van der Waals surface area (Å²) < 4.78 is 5.85. The van der Waals surface area contributed by atoms with Crippen LogP contribution in [0.4, 0.5) is 5.69 Å². The lowest BCUT2D eigenvalue weighted by molar-refractivity contribution is -0.384. The van der Waals surface area contributed by atoms with Crippen molar-refractivity contribution in [3.05, 3.63) is 82.4 Å². The smallest absolute Gasteiger partial charge is 0.277 e. The minimum atomic E-state index is -0.397. The van der Waals surface area contributed by atoms with Crippen molar-refractivity contribution in [1.29, 1.82) is 0 Å². The summed E-state index contributed by atoms with van der Waals surface area (Å²) in [5.41, 5.74) is 1.79. The molecule has 0 fully saturated rings. The molecule has 7 heteroatoms. The van der Waals surface area contributed by atoms with Crippen molar-refractivity contribution < 1.29 is 9.34 Å². The number of thioether (sulfide) groups is 1. The zero-order valence-corrected chi connectivity index (χ0v) is 15.2. The second-order valence-corrected chi connectivity index (χ2v) is 7.30. The molecular weight excluding hydrogens is 362 g/mol. The van der Waals surface area contributed by atoms with E-state index in [4.69, 9.17) is 4.42 Å². The van der Waals surface area contributed by atoms with Crippen LogP contribution in [0.2, 0.25) is 0 Å². The first-order valence-corrected chi connectivity index (χ1v) is 9.22. The Hall–Kier alpha value is -3.19. The standard InChI is InChI=1S/C20H15N3O3S/c1-13(15-8-4-9-16(12-15)23(24)25)27-20-22-21-19(26-20)18-11-5-7-14-6-2-3-10-17(14)18/h2-13H,1H3/t13-/m0/s1. The van der Waals surface area contributed by atoms with E-state index in [0.29, 0.717) is 11.1 Å². The third kappa shape index (κ3) is 3.54. The average molecular weight is 377 g/mol. The fraction of sp³-hybridized carbons (Fsp3) is 0.100. The molecule has 0 amide bonds. The van der Waals surface area contributed by atoms with Gasteiger partial charge in [-0.3, -0.25) is 10.1 Å². The molecule has 134 valence electrons. The SMILES string of the molecule is C[C@H](Sc1nnc(-c2cccc3ccccc23)o1)c1cccc([N+](=O)[O-])c1. The molecule has 1 aromatic heterocycles. The minimum absolute atomic E-state index is 0.0642. The van der Waals surface area contributed by atoms with Gasteiger partial charge in [0, 0.05) is 22.9 Å². The van der Waals surface area contributed by atoms with Crippen LogP contribution in [0.3, 0.4) is 0 Å². The number of nitrogens with zero attached hydrogens (tertiary/aromatic N) is 3. The number of nitro benzene ring substituents is 1. The highest BCUT2D eigenvalue weighted by atomic mass is 32.2. The van der Waals surface area contributed by atoms with Crippen molar-refractivity contribution in [1.82, 2.24) is 10.2 Å². The molecule has 0 saturated carbocycles. The monoisotopic (exact) mass is 377 g/mol. The van der Waals surface area contributed by atoms with Gasteiger partial charge in [-0.15, -0.1) is 10.2 Å². The van der Waals surface area contributed by atoms with Gasteiger partial charge >= 0.3 is 0 Å². The van der Waals surface area contributed by atoms with E-state index in [1.54, 1.807) is 12.1 Å². The Kier molecular flexibility index (Phi) is 4.60. The van der Waals surface area contributed by atoms with Gasteiger partial charge < -0.3 is 4.42 Å². The zero-order chi connectivity index (χ0) is 18.8. The van der Waals surface area contributed by atoms with E-state index < -0.39 is 4.92 Å². The Morgan fingerprint density at radius 2 is 1.81 bits per heavy atom. The molecule has 0 bridgehead atoms. The van der Waals surface area contributed by atoms with E-state index in [9.17, 15) is 10.1 Å². The molecule has 4 aromatic rings. The van der Waals surface area contributed by atoms with Crippen molar-refractivity contribution in [2.75, 3.05) is 0 Å². The van der Waals surface area contributed by atoms with Crippen molar-refractivity contribution in [3.8, 4) is 11.5 Å². The third-order valence-electron chi connectivity index (χ3n) is 4.25. The Morgan fingerprint density at radius 3 is 2.67 bits per heavy atom. The predicted molar refractivity (Wildman–Crippen MR) is 105 cm³/mol. The van der Waals surface area contributed by atoms with Gasteiger partial charge in [0.2, 0.25) is 5.89 Å². The van der Waals surface area contributed by atoms with E-state index in [0.717, 1.165) is 21.9 Å². The van der Waals surface area contributed by atoms with Crippen LogP contribution in [0.1, 0.15) is 17.7 Å². The zero-order valence-electron chi connectivity index (χ0n) is 14.4. The van der Waals surface area contributed by atoms with Crippen LogP contribution < -0.4 is 0 Å². The molecule has 1 heterocycles. The number of fused-ring (bicyclic) bond motifs is 1. The highest BCUT2D eigenvalue weighted by Crippen LogP contribution is 2.37. The van der Waals surface area contributed by atoms with Gasteiger partial charge in [-0.05, 0) is 29.3 Å². The topological polar surface area (TPSA) is 82.1 Å². The third-order valence-corrected chi connectivity index (χ3v) is 5.25. The minimum Gasteiger partial charge on any atom is -0.411 e. The summed E-state index contributed by atoms with van der Waals surface area (Å²) in [6, 6.07) is 20.6. The van der Waals surface area contributed by atoms with Crippen molar-refractivity contribution in [2.45, 2.75) is 17.4 Å². The molecule has 0 N–H and O–H groups in total. The lowest BCUT2D eigenvalue weighted by Gasteiger charge is -2.08. The van der Waals surface area contributed by atoms with Crippen LogP contribution in [0.25, 0.3) is 22.2 Å². The van der Waals surface area contributed by atoms with Gasteiger partial charge in [0.15, 0.2) is 0 Å². The highest BCUT2D eigenvalue weighted by molar-refractivity contribution is 7.99. The average Bonchev–Trinajstić information content (AvgIpc) is 3.16. The van der Waals surface area contributed by atoms with Crippen molar-refractivity contribution in [3.63, 3.8) is 0 Å². The first-order valence-electron chi connectivity index (χ1n) is 8.34. The second kappa shape index (κ2) is 7.20. The number of benzene rings is 3. The van der Waals surface area contributed by atoms with Crippen LogP contribution in [0.15, 0.2) is 76.4 Å². The van der Waals surface area contributed by atoms with Crippen LogP contribution in [-0.2, 0) is 0 Å². The number of non-ortho nitro benzene ring substituents is 1. The maximum Gasteiger partial charge on any atom is 0.277 e. The van der Waals surface area contributed by atoms with Gasteiger partial charge in [0.05, 0.1) is 4.92 Å². The van der Waals surface area contributed by atoms with Crippen LogP contribution in [0.5, 0.6) is 0 Å². The molecule has 0 aliphatic heterocycles. The highest BCUT2D eigenvalue weighted by Gasteiger charge is 2.17. The summed E-state index contributed by atoms with van der Waals surface area (Å²) in [6.45, 7) is 1.95. The molecular formula is C20H15N3O3S. The Bertz CT molecular complexity index is 1120. The summed E-state index contributed by atoms with van der Waals surface area (Å²) in [4.78, 5) is 10.6. The van der Waals surface area contributed by atoms with Crippen LogP contribution in [-0.4, -0.2) is 15.1 Å². The summed E-state index contributed by atoms with van der Waals surface area (Å²) >= 11 is 1.38. The van der Waals surface area contributed by atoms with E-state index in [1.165, 1.54) is 17.8 Å². The molecule has 0 saturated heterocycles. The summed E-state index contributed by atoms with van der Waals surface area (Å²) in [7, 11) is 0. The molecule has 3 aromatic carbocycles. The number of aromatic nitrogens is 2. The first kappa shape index (κ1) is 17.2. The van der Waals surface area contributed by atoms with Gasteiger partial charge in [0.1, 0.15) is 0 Å². The summed E-state index contributed by atoms with van der Waals surface area (Å²) in [5, 5.41) is 21.8. The van der Waals surface area contributed by atoms with Gasteiger partial charge in [-0.1, -0.05) is 60.3 Å². The van der Waals surface area contributed by atoms with E-state index in [2.05, 4.69) is 10.2 Å². The molecule has 27 heavy (non-hydrogen) atoms. The molecule has 0 radical (unpaired) electrons. The molecule has 6 nitrogen and oxygen atoms in total. The molecule has 1 atom stereocenters. The van der Waals surface area contributed by atoms with Crippen LogP contribution >= 0.6 is 11.8 Å². The van der Waals surface area contributed by atoms with Gasteiger partial charge in [-0.2, -0.15) is 0 Å². The maximum absolute atomic E-state index is 11.0.